The molecule has 0 amide bonds. The Hall–Kier alpha value is -4.74. The second kappa shape index (κ2) is 56.6. The standard InChI is InChI=1S/C63H96O5/c1-4-7-10-13-16-19-22-25-28-30-31-32-34-37-40-43-46-49-52-55-58-66-59-61(68-63(65)57-54-51-48-45-42-39-35-27-24-21-18-15-12-9-6-3)60-67-62(64)56-53-50-47-44-41-38-36-33-29-26-23-20-17-14-11-8-5-2/h7-12,16-21,25-29,31-32,35,37,40,42,45-46,49,51,54,61H,4-6,13-15,22-24,30,33-34,36,38-39,41,43-44,47-48,50,52-53,55-60H2,1-3H3/b10-7-,11-8-,12-9-,19-16-,20-17-,21-18-,28-25-,29-26-,32-31-,35-27-,40-37-,45-42-,49-46-,54-51-. The SMILES string of the molecule is CC/C=C\C/C=C\C/C=C\C/C=C\C/C=C\C/C=C\CCCOCC(COC(=O)CCCCCCCCC/C=C\C/C=C\C/C=C\CC)OC(=O)C/C=C\C/C=C\C/C=C\C/C=C\C/C=C\CC. The van der Waals surface area contributed by atoms with E-state index < -0.39 is 6.10 Å². The highest BCUT2D eigenvalue weighted by atomic mass is 16.6. The number of unbranched alkanes of at least 4 members (excludes halogenated alkanes) is 8. The summed E-state index contributed by atoms with van der Waals surface area (Å²) in [7, 11) is 0. The van der Waals surface area contributed by atoms with Gasteiger partial charge in [-0.25, -0.2) is 0 Å². The van der Waals surface area contributed by atoms with Gasteiger partial charge in [-0.05, 0) is 122 Å². The molecule has 1 unspecified atom stereocenters. The minimum absolute atomic E-state index is 0.00439. The largest absolute Gasteiger partial charge is 0.462 e. The minimum atomic E-state index is -0.639. The van der Waals surface area contributed by atoms with Crippen molar-refractivity contribution >= 4 is 11.9 Å². The highest BCUT2D eigenvalue weighted by molar-refractivity contribution is 5.71. The smallest absolute Gasteiger partial charge is 0.310 e. The van der Waals surface area contributed by atoms with Crippen LogP contribution in [0.2, 0.25) is 0 Å². The van der Waals surface area contributed by atoms with Crippen molar-refractivity contribution in [1.82, 2.24) is 0 Å². The van der Waals surface area contributed by atoms with Crippen molar-refractivity contribution in [2.24, 2.45) is 0 Å². The fourth-order valence-electron chi connectivity index (χ4n) is 6.44. The normalized spacial score (nSPS) is 13.6. The lowest BCUT2D eigenvalue weighted by Gasteiger charge is -2.18. The molecule has 0 radical (unpaired) electrons. The van der Waals surface area contributed by atoms with E-state index in [2.05, 4.69) is 179 Å². The number of ether oxygens (including phenoxy) is 3. The number of hydrogen-bond acceptors (Lipinski definition) is 5. The highest BCUT2D eigenvalue weighted by Crippen LogP contribution is 2.11. The van der Waals surface area contributed by atoms with Crippen LogP contribution in [0, 0.1) is 0 Å². The van der Waals surface area contributed by atoms with Gasteiger partial charge in [0.05, 0.1) is 13.0 Å². The second-order valence-corrected chi connectivity index (χ2v) is 16.6. The maximum absolute atomic E-state index is 12.8. The lowest BCUT2D eigenvalue weighted by Crippen LogP contribution is -2.29. The summed E-state index contributed by atoms with van der Waals surface area (Å²) in [5.74, 6) is -0.603. The van der Waals surface area contributed by atoms with Crippen LogP contribution in [0.5, 0.6) is 0 Å². The van der Waals surface area contributed by atoms with E-state index in [-0.39, 0.29) is 31.6 Å². The fraction of sp³-hybridized carbons (Fsp3) is 0.524. The van der Waals surface area contributed by atoms with E-state index in [1.165, 1.54) is 25.7 Å². The van der Waals surface area contributed by atoms with Gasteiger partial charge < -0.3 is 14.2 Å². The Balaban J connectivity index is 4.55. The molecule has 0 bridgehead atoms. The summed E-state index contributed by atoms with van der Waals surface area (Å²) in [5, 5.41) is 0. The van der Waals surface area contributed by atoms with Crippen molar-refractivity contribution in [3.05, 3.63) is 170 Å². The first-order chi connectivity index (χ1) is 33.6. The van der Waals surface area contributed by atoms with Gasteiger partial charge >= 0.3 is 11.9 Å². The van der Waals surface area contributed by atoms with E-state index >= 15 is 0 Å². The topological polar surface area (TPSA) is 61.8 Å². The molecule has 0 aromatic carbocycles. The van der Waals surface area contributed by atoms with Gasteiger partial charge in [-0.1, -0.05) is 223 Å². The van der Waals surface area contributed by atoms with Crippen molar-refractivity contribution in [2.45, 2.75) is 194 Å². The molecule has 0 aliphatic carbocycles. The lowest BCUT2D eigenvalue weighted by molar-refractivity contribution is -0.162. The predicted molar refractivity (Wildman–Crippen MR) is 297 cm³/mol. The van der Waals surface area contributed by atoms with Gasteiger partial charge in [0.15, 0.2) is 6.10 Å². The van der Waals surface area contributed by atoms with E-state index in [4.69, 9.17) is 14.2 Å². The summed E-state index contributed by atoms with van der Waals surface area (Å²) in [4.78, 5) is 25.4. The molecule has 68 heavy (non-hydrogen) atoms. The molecular formula is C63H96O5. The zero-order valence-electron chi connectivity index (χ0n) is 43.3. The summed E-state index contributed by atoms with van der Waals surface area (Å²) in [6.45, 7) is 7.19. The third-order valence-electron chi connectivity index (χ3n) is 10.3. The van der Waals surface area contributed by atoms with Gasteiger partial charge in [0, 0.05) is 13.0 Å². The van der Waals surface area contributed by atoms with Crippen LogP contribution in [0.4, 0.5) is 0 Å². The monoisotopic (exact) mass is 933 g/mol. The molecule has 1 atom stereocenters. The average Bonchev–Trinajstić information content (AvgIpc) is 3.34. The van der Waals surface area contributed by atoms with Gasteiger partial charge in [-0.15, -0.1) is 0 Å². The number of esters is 2. The zero-order chi connectivity index (χ0) is 49.2. The molecular weight excluding hydrogens is 837 g/mol. The minimum Gasteiger partial charge on any atom is -0.462 e. The Labute approximate surface area is 417 Å². The fourth-order valence-corrected chi connectivity index (χ4v) is 6.44. The molecule has 0 spiro atoms. The van der Waals surface area contributed by atoms with E-state index in [1.54, 1.807) is 0 Å². The van der Waals surface area contributed by atoms with Gasteiger partial charge in [0.2, 0.25) is 0 Å². The second-order valence-electron chi connectivity index (χ2n) is 16.6. The summed E-state index contributed by atoms with van der Waals surface area (Å²) >= 11 is 0. The Morgan fingerprint density at radius 2 is 0.662 bits per heavy atom. The van der Waals surface area contributed by atoms with E-state index in [0.717, 1.165) is 128 Å². The van der Waals surface area contributed by atoms with Crippen LogP contribution in [0.3, 0.4) is 0 Å². The molecule has 0 aliphatic rings. The van der Waals surface area contributed by atoms with Gasteiger partial charge in [-0.2, -0.15) is 0 Å². The Morgan fingerprint density at radius 3 is 1.06 bits per heavy atom. The molecule has 0 rings (SSSR count). The summed E-state index contributed by atoms with van der Waals surface area (Å²) in [6, 6.07) is 0. The first kappa shape index (κ1) is 63.3. The predicted octanol–water partition coefficient (Wildman–Crippen LogP) is 18.4. The van der Waals surface area contributed by atoms with Gasteiger partial charge in [0.1, 0.15) is 6.61 Å². The number of carbonyl (C=O) groups excluding carboxylic acids is 2. The molecule has 0 aromatic rings. The maximum atomic E-state index is 12.8. The summed E-state index contributed by atoms with van der Waals surface area (Å²) in [6.07, 6.45) is 85.4. The number of carbonyl (C=O) groups is 2. The quantitative estimate of drug-likeness (QED) is 0.0346. The van der Waals surface area contributed by atoms with E-state index in [1.807, 2.05) is 12.2 Å². The van der Waals surface area contributed by atoms with Crippen LogP contribution >= 0.6 is 0 Å². The molecule has 0 saturated heterocycles. The van der Waals surface area contributed by atoms with E-state index in [9.17, 15) is 9.59 Å². The summed E-state index contributed by atoms with van der Waals surface area (Å²) in [5.41, 5.74) is 0. The average molecular weight is 933 g/mol. The van der Waals surface area contributed by atoms with Crippen molar-refractivity contribution in [2.75, 3.05) is 19.8 Å². The molecule has 0 aliphatic heterocycles. The lowest BCUT2D eigenvalue weighted by atomic mass is 10.1. The molecule has 5 heteroatoms. The van der Waals surface area contributed by atoms with Gasteiger partial charge in [0.25, 0.3) is 0 Å². The first-order valence-corrected chi connectivity index (χ1v) is 26.7. The number of rotatable bonds is 46. The number of hydrogen-bond donors (Lipinski definition) is 0. The molecule has 0 aromatic heterocycles. The van der Waals surface area contributed by atoms with E-state index in [0.29, 0.717) is 13.0 Å². The molecule has 0 saturated carbocycles. The zero-order valence-corrected chi connectivity index (χ0v) is 43.3. The van der Waals surface area contributed by atoms with Crippen LogP contribution in [0.15, 0.2) is 170 Å². The van der Waals surface area contributed by atoms with Crippen molar-refractivity contribution in [3.8, 4) is 0 Å². The number of allylic oxidation sites excluding steroid dienone is 27. The van der Waals surface area contributed by atoms with Crippen LogP contribution < -0.4 is 0 Å². The molecule has 0 N–H and O–H groups in total. The summed E-state index contributed by atoms with van der Waals surface area (Å²) < 4.78 is 17.2. The third-order valence-corrected chi connectivity index (χ3v) is 10.3. The molecule has 0 heterocycles. The van der Waals surface area contributed by atoms with Crippen LogP contribution in [-0.4, -0.2) is 37.9 Å². The molecule has 378 valence electrons. The van der Waals surface area contributed by atoms with Crippen LogP contribution in [-0.2, 0) is 23.8 Å². The van der Waals surface area contributed by atoms with Crippen LogP contribution in [0.25, 0.3) is 0 Å². The maximum Gasteiger partial charge on any atom is 0.310 e. The Kier molecular flexibility index (Phi) is 52.6. The third kappa shape index (κ3) is 53.9. The molecule has 5 nitrogen and oxygen atoms in total. The van der Waals surface area contributed by atoms with Crippen LogP contribution in [0.1, 0.15) is 188 Å². The Bertz CT molecular complexity index is 1570. The van der Waals surface area contributed by atoms with Crippen molar-refractivity contribution in [1.29, 1.82) is 0 Å². The molecule has 0 fully saturated rings. The highest BCUT2D eigenvalue weighted by Gasteiger charge is 2.17. The van der Waals surface area contributed by atoms with Crippen molar-refractivity contribution < 1.29 is 23.8 Å². The van der Waals surface area contributed by atoms with Crippen molar-refractivity contribution in [3.63, 3.8) is 0 Å². The first-order valence-electron chi connectivity index (χ1n) is 26.7. The Morgan fingerprint density at radius 1 is 0.338 bits per heavy atom. The van der Waals surface area contributed by atoms with Gasteiger partial charge in [-0.3, -0.25) is 9.59 Å².